The molecule has 70 valence electrons. The van der Waals surface area contributed by atoms with E-state index < -0.39 is 5.67 Å². The minimum absolute atomic E-state index is 0.372. The number of halogens is 2. The third-order valence-corrected chi connectivity index (χ3v) is 2.79. The van der Waals surface area contributed by atoms with Crippen LogP contribution in [0.2, 0.25) is 5.02 Å². The lowest BCUT2D eigenvalue weighted by atomic mass is 9.95. The van der Waals surface area contributed by atoms with Crippen molar-refractivity contribution in [3.05, 3.63) is 34.9 Å². The summed E-state index contributed by atoms with van der Waals surface area (Å²) in [5.41, 5.74) is -0.653. The summed E-state index contributed by atoms with van der Waals surface area (Å²) in [7, 11) is 0. The van der Waals surface area contributed by atoms with Crippen molar-refractivity contribution in [3.8, 4) is 0 Å². The van der Waals surface area contributed by atoms with Crippen molar-refractivity contribution >= 4 is 11.6 Å². The second-order valence-electron chi connectivity index (χ2n) is 3.37. The van der Waals surface area contributed by atoms with Gasteiger partial charge in [0, 0.05) is 17.1 Å². The molecule has 0 spiro atoms. The van der Waals surface area contributed by atoms with Crippen LogP contribution in [0.3, 0.4) is 0 Å². The van der Waals surface area contributed by atoms with Crippen LogP contribution >= 0.6 is 11.6 Å². The van der Waals surface area contributed by atoms with Crippen LogP contribution in [0, 0.1) is 0 Å². The molecule has 0 saturated carbocycles. The minimum Gasteiger partial charge on any atom is -0.313 e. The van der Waals surface area contributed by atoms with Crippen LogP contribution in [0.5, 0.6) is 0 Å². The van der Waals surface area contributed by atoms with Crippen molar-refractivity contribution in [2.24, 2.45) is 0 Å². The minimum atomic E-state index is -1.27. The van der Waals surface area contributed by atoms with Gasteiger partial charge in [0.05, 0.1) is 0 Å². The highest BCUT2D eigenvalue weighted by molar-refractivity contribution is 6.31. The van der Waals surface area contributed by atoms with Crippen LogP contribution in [0.4, 0.5) is 4.39 Å². The second kappa shape index (κ2) is 3.28. The van der Waals surface area contributed by atoms with E-state index in [1.807, 2.05) is 12.1 Å². The molecule has 1 saturated heterocycles. The monoisotopic (exact) mass is 199 g/mol. The molecule has 0 bridgehead atoms. The third kappa shape index (κ3) is 1.56. The third-order valence-electron chi connectivity index (χ3n) is 2.46. The topological polar surface area (TPSA) is 12.0 Å². The van der Waals surface area contributed by atoms with Gasteiger partial charge in [-0.2, -0.15) is 0 Å². The van der Waals surface area contributed by atoms with E-state index in [9.17, 15) is 4.39 Å². The fourth-order valence-electron chi connectivity index (χ4n) is 1.72. The summed E-state index contributed by atoms with van der Waals surface area (Å²) in [6, 6.07) is 7.13. The van der Waals surface area contributed by atoms with E-state index in [2.05, 4.69) is 5.32 Å². The lowest BCUT2D eigenvalue weighted by molar-refractivity contribution is 0.193. The molecule has 1 aromatic carbocycles. The number of benzene rings is 1. The number of alkyl halides is 1. The van der Waals surface area contributed by atoms with E-state index in [0.29, 0.717) is 23.6 Å². The summed E-state index contributed by atoms with van der Waals surface area (Å²) in [6.07, 6.45) is 0.511. The Morgan fingerprint density at radius 3 is 2.77 bits per heavy atom. The summed E-state index contributed by atoms with van der Waals surface area (Å²) in [5.74, 6) is 0. The average Bonchev–Trinajstić information content (AvgIpc) is 2.54. The van der Waals surface area contributed by atoms with Gasteiger partial charge >= 0.3 is 0 Å². The highest BCUT2D eigenvalue weighted by Gasteiger charge is 2.36. The highest BCUT2D eigenvalue weighted by Crippen LogP contribution is 2.36. The Hall–Kier alpha value is -0.600. The molecule has 1 atom stereocenters. The maximum atomic E-state index is 14.2. The van der Waals surface area contributed by atoms with E-state index in [0.717, 1.165) is 6.54 Å². The lowest BCUT2D eigenvalue weighted by Gasteiger charge is -2.19. The molecule has 1 aliphatic heterocycles. The van der Waals surface area contributed by atoms with Gasteiger partial charge in [0.25, 0.3) is 0 Å². The van der Waals surface area contributed by atoms with Crippen LogP contribution in [0.15, 0.2) is 24.3 Å². The van der Waals surface area contributed by atoms with E-state index in [1.165, 1.54) is 0 Å². The molecule has 0 aromatic heterocycles. The van der Waals surface area contributed by atoms with Crippen LogP contribution in [-0.2, 0) is 5.67 Å². The number of rotatable bonds is 1. The summed E-state index contributed by atoms with van der Waals surface area (Å²) < 4.78 is 14.2. The zero-order chi connectivity index (χ0) is 9.31. The smallest absolute Gasteiger partial charge is 0.151 e. The van der Waals surface area contributed by atoms with E-state index in [4.69, 9.17) is 11.6 Å². The van der Waals surface area contributed by atoms with E-state index in [1.54, 1.807) is 12.1 Å². The predicted molar refractivity (Wildman–Crippen MR) is 51.7 cm³/mol. The Kier molecular flexibility index (Phi) is 2.26. The van der Waals surface area contributed by atoms with Crippen molar-refractivity contribution in [1.82, 2.24) is 5.32 Å². The normalized spacial score (nSPS) is 27.8. The van der Waals surface area contributed by atoms with Crippen molar-refractivity contribution < 1.29 is 4.39 Å². The fraction of sp³-hybridized carbons (Fsp3) is 0.400. The molecule has 1 N–H and O–H groups in total. The molecule has 2 rings (SSSR count). The van der Waals surface area contributed by atoms with Crippen LogP contribution in [0.25, 0.3) is 0 Å². The molecule has 0 unspecified atom stereocenters. The van der Waals surface area contributed by atoms with Gasteiger partial charge < -0.3 is 5.32 Å². The van der Waals surface area contributed by atoms with Crippen molar-refractivity contribution in [2.45, 2.75) is 12.1 Å². The lowest BCUT2D eigenvalue weighted by Crippen LogP contribution is -2.23. The summed E-state index contributed by atoms with van der Waals surface area (Å²) in [4.78, 5) is 0. The van der Waals surface area contributed by atoms with Crippen molar-refractivity contribution in [1.29, 1.82) is 0 Å². The standard InChI is InChI=1S/C10H11ClFN/c11-9-4-2-1-3-8(9)10(12)5-6-13-7-10/h1-4,13H,5-7H2/t10-/m1/s1. The summed E-state index contributed by atoms with van der Waals surface area (Å²) in [6.45, 7) is 1.10. The first-order valence-corrected chi connectivity index (χ1v) is 4.75. The van der Waals surface area contributed by atoms with Crippen LogP contribution in [-0.4, -0.2) is 13.1 Å². The van der Waals surface area contributed by atoms with Gasteiger partial charge in [-0.3, -0.25) is 0 Å². The number of hydrogen-bond donors (Lipinski definition) is 1. The highest BCUT2D eigenvalue weighted by atomic mass is 35.5. The predicted octanol–water partition coefficient (Wildman–Crippen LogP) is 2.50. The zero-order valence-electron chi connectivity index (χ0n) is 7.19. The van der Waals surface area contributed by atoms with Gasteiger partial charge in [-0.15, -0.1) is 0 Å². The molecular weight excluding hydrogens is 189 g/mol. The molecule has 13 heavy (non-hydrogen) atoms. The van der Waals surface area contributed by atoms with Gasteiger partial charge in [-0.1, -0.05) is 29.8 Å². The Labute approximate surface area is 81.9 Å². The Morgan fingerprint density at radius 1 is 1.38 bits per heavy atom. The van der Waals surface area contributed by atoms with Crippen molar-refractivity contribution in [3.63, 3.8) is 0 Å². The summed E-state index contributed by atoms with van der Waals surface area (Å²) >= 11 is 5.93. The molecule has 1 nitrogen and oxygen atoms in total. The largest absolute Gasteiger partial charge is 0.313 e. The molecule has 1 heterocycles. The Balaban J connectivity index is 2.39. The Morgan fingerprint density at radius 2 is 2.15 bits per heavy atom. The molecule has 3 heteroatoms. The number of hydrogen-bond acceptors (Lipinski definition) is 1. The van der Waals surface area contributed by atoms with Crippen LogP contribution < -0.4 is 5.32 Å². The quantitative estimate of drug-likeness (QED) is 0.733. The first kappa shape index (κ1) is 8.97. The zero-order valence-corrected chi connectivity index (χ0v) is 7.94. The molecule has 0 amide bonds. The van der Waals surface area contributed by atoms with Gasteiger partial charge in [0.15, 0.2) is 5.67 Å². The van der Waals surface area contributed by atoms with Crippen LogP contribution in [0.1, 0.15) is 12.0 Å². The Bertz CT molecular complexity index is 308. The molecule has 1 aliphatic rings. The van der Waals surface area contributed by atoms with Gasteiger partial charge in [-0.05, 0) is 19.0 Å². The molecule has 0 radical (unpaired) electrons. The first-order chi connectivity index (χ1) is 6.22. The van der Waals surface area contributed by atoms with E-state index in [-0.39, 0.29) is 0 Å². The SMILES string of the molecule is F[C@]1(c2ccccc2Cl)CCNC1. The summed E-state index contributed by atoms with van der Waals surface area (Å²) in [5, 5.41) is 3.53. The average molecular weight is 200 g/mol. The number of nitrogens with one attached hydrogen (secondary N) is 1. The van der Waals surface area contributed by atoms with Gasteiger partial charge in [-0.25, -0.2) is 4.39 Å². The maximum absolute atomic E-state index is 14.2. The molecular formula is C10H11ClFN. The maximum Gasteiger partial charge on any atom is 0.151 e. The van der Waals surface area contributed by atoms with Gasteiger partial charge in [0.2, 0.25) is 0 Å². The fourth-order valence-corrected chi connectivity index (χ4v) is 2.02. The van der Waals surface area contributed by atoms with Gasteiger partial charge in [0.1, 0.15) is 0 Å². The van der Waals surface area contributed by atoms with Crippen molar-refractivity contribution in [2.75, 3.05) is 13.1 Å². The second-order valence-corrected chi connectivity index (χ2v) is 3.78. The van der Waals surface area contributed by atoms with E-state index >= 15 is 0 Å². The molecule has 0 aliphatic carbocycles. The molecule has 1 fully saturated rings. The molecule has 1 aromatic rings. The first-order valence-electron chi connectivity index (χ1n) is 4.37.